The summed E-state index contributed by atoms with van der Waals surface area (Å²) in [4.78, 5) is 29.0. The van der Waals surface area contributed by atoms with Crippen LogP contribution in [0.2, 0.25) is 5.02 Å². The first-order valence-corrected chi connectivity index (χ1v) is 12.9. The van der Waals surface area contributed by atoms with Gasteiger partial charge in [0.05, 0.1) is 34.4 Å². The molecule has 0 spiro atoms. The molecule has 0 radical (unpaired) electrons. The Bertz CT molecular complexity index is 1290. The number of thiazole rings is 1. The van der Waals surface area contributed by atoms with Gasteiger partial charge in [0.2, 0.25) is 10.0 Å². The molecule has 178 valence electrons. The van der Waals surface area contributed by atoms with E-state index in [0.29, 0.717) is 24.0 Å². The molecule has 0 unspecified atom stereocenters. The van der Waals surface area contributed by atoms with Gasteiger partial charge < -0.3 is 9.47 Å². The standard InChI is InChI=1S/C22H20ClN3O6S2/c23-18-7-6-16(34(29,30)26-8-10-31-11-9-26)12-17(18)21(28)32-13-20(27)25-22-24-19(14-33-22)15-4-2-1-3-5-15/h1-7,12,14H,8-11,13H2,(H,24,25,27). The van der Waals surface area contributed by atoms with E-state index < -0.39 is 28.5 Å². The second kappa shape index (κ2) is 10.6. The molecule has 0 saturated carbocycles. The Morgan fingerprint density at radius 1 is 1.15 bits per heavy atom. The SMILES string of the molecule is O=C(COC(=O)c1cc(S(=O)(=O)N2CCOCC2)ccc1Cl)Nc1nc(-c2ccccc2)cs1. The van der Waals surface area contributed by atoms with E-state index in [1.807, 2.05) is 30.3 Å². The van der Waals surface area contributed by atoms with Gasteiger partial charge in [-0.2, -0.15) is 4.31 Å². The van der Waals surface area contributed by atoms with Crippen LogP contribution in [-0.2, 0) is 24.3 Å². The van der Waals surface area contributed by atoms with Crippen molar-refractivity contribution in [3.63, 3.8) is 0 Å². The lowest BCUT2D eigenvalue weighted by Gasteiger charge is -2.26. The van der Waals surface area contributed by atoms with Gasteiger partial charge >= 0.3 is 5.97 Å². The number of morpholine rings is 1. The summed E-state index contributed by atoms with van der Waals surface area (Å²) in [6.45, 7) is 0.433. The number of hydrogen-bond acceptors (Lipinski definition) is 8. The molecule has 1 aromatic heterocycles. The smallest absolute Gasteiger partial charge is 0.340 e. The van der Waals surface area contributed by atoms with Crippen LogP contribution in [-0.4, -0.2) is 62.5 Å². The molecule has 1 amide bonds. The second-order valence-electron chi connectivity index (χ2n) is 7.19. The normalized spacial score (nSPS) is 14.5. The summed E-state index contributed by atoms with van der Waals surface area (Å²) in [5.74, 6) is -1.50. The number of nitrogens with zero attached hydrogens (tertiary/aromatic N) is 2. The monoisotopic (exact) mass is 521 g/mol. The molecule has 1 fully saturated rings. The van der Waals surface area contributed by atoms with Crippen LogP contribution in [0.5, 0.6) is 0 Å². The molecule has 0 atom stereocenters. The Kier molecular flexibility index (Phi) is 7.59. The predicted molar refractivity (Wildman–Crippen MR) is 127 cm³/mol. The van der Waals surface area contributed by atoms with Gasteiger partial charge in [-0.25, -0.2) is 18.2 Å². The van der Waals surface area contributed by atoms with E-state index in [1.54, 1.807) is 5.38 Å². The number of rotatable bonds is 7. The highest BCUT2D eigenvalue weighted by Gasteiger charge is 2.28. The molecule has 2 aromatic carbocycles. The van der Waals surface area contributed by atoms with Gasteiger partial charge in [-0.1, -0.05) is 41.9 Å². The van der Waals surface area contributed by atoms with Crippen LogP contribution in [0.4, 0.5) is 5.13 Å². The van der Waals surface area contributed by atoms with Gasteiger partial charge in [-0.3, -0.25) is 10.1 Å². The molecule has 3 aromatic rings. The van der Waals surface area contributed by atoms with Crippen LogP contribution >= 0.6 is 22.9 Å². The van der Waals surface area contributed by atoms with E-state index >= 15 is 0 Å². The fourth-order valence-electron chi connectivity index (χ4n) is 3.19. The number of sulfonamides is 1. The Hall–Kier alpha value is -2.83. The molecule has 2 heterocycles. The van der Waals surface area contributed by atoms with Gasteiger partial charge in [-0.15, -0.1) is 11.3 Å². The number of benzene rings is 2. The molecule has 1 aliphatic rings. The van der Waals surface area contributed by atoms with Crippen LogP contribution in [0.15, 0.2) is 58.8 Å². The first-order valence-electron chi connectivity index (χ1n) is 10.2. The maximum Gasteiger partial charge on any atom is 0.340 e. The summed E-state index contributed by atoms with van der Waals surface area (Å²) in [6.07, 6.45) is 0. The van der Waals surface area contributed by atoms with E-state index in [1.165, 1.54) is 27.8 Å². The van der Waals surface area contributed by atoms with Crippen molar-refractivity contribution in [2.75, 3.05) is 38.2 Å². The van der Waals surface area contributed by atoms with Gasteiger partial charge in [0.15, 0.2) is 11.7 Å². The summed E-state index contributed by atoms with van der Waals surface area (Å²) in [5, 5.41) is 4.75. The zero-order valence-corrected chi connectivity index (χ0v) is 20.2. The lowest BCUT2D eigenvalue weighted by molar-refractivity contribution is -0.119. The van der Waals surface area contributed by atoms with Crippen molar-refractivity contribution < 1.29 is 27.5 Å². The Morgan fingerprint density at radius 3 is 2.62 bits per heavy atom. The quantitative estimate of drug-likeness (QED) is 0.474. The number of carbonyl (C=O) groups excluding carboxylic acids is 2. The van der Waals surface area contributed by atoms with Crippen LogP contribution in [0.25, 0.3) is 11.3 Å². The maximum absolute atomic E-state index is 12.9. The van der Waals surface area contributed by atoms with E-state index in [2.05, 4.69) is 10.3 Å². The molecule has 0 aliphatic carbocycles. The molecule has 1 aliphatic heterocycles. The number of carbonyl (C=O) groups is 2. The summed E-state index contributed by atoms with van der Waals surface area (Å²) in [7, 11) is -3.83. The fraction of sp³-hybridized carbons (Fsp3) is 0.227. The molecular weight excluding hydrogens is 502 g/mol. The topological polar surface area (TPSA) is 115 Å². The van der Waals surface area contributed by atoms with E-state index in [9.17, 15) is 18.0 Å². The highest BCUT2D eigenvalue weighted by molar-refractivity contribution is 7.89. The number of nitrogens with one attached hydrogen (secondary N) is 1. The van der Waals surface area contributed by atoms with Crippen molar-refractivity contribution in [2.45, 2.75) is 4.90 Å². The van der Waals surface area contributed by atoms with Crippen molar-refractivity contribution in [1.82, 2.24) is 9.29 Å². The van der Waals surface area contributed by atoms with Gasteiger partial charge in [0.1, 0.15) is 0 Å². The number of aromatic nitrogens is 1. The summed E-state index contributed by atoms with van der Waals surface area (Å²) in [6, 6.07) is 13.3. The highest BCUT2D eigenvalue weighted by Crippen LogP contribution is 2.26. The molecule has 4 rings (SSSR count). The number of amides is 1. The highest BCUT2D eigenvalue weighted by atomic mass is 35.5. The minimum atomic E-state index is -3.83. The summed E-state index contributed by atoms with van der Waals surface area (Å²) in [5.41, 5.74) is 1.47. The molecule has 1 saturated heterocycles. The van der Waals surface area contributed by atoms with E-state index in [0.717, 1.165) is 11.6 Å². The molecule has 12 heteroatoms. The van der Waals surface area contributed by atoms with Crippen molar-refractivity contribution in [1.29, 1.82) is 0 Å². The molecule has 1 N–H and O–H groups in total. The van der Waals surface area contributed by atoms with Crippen LogP contribution in [0, 0.1) is 0 Å². The number of halogens is 1. The third kappa shape index (κ3) is 5.62. The third-order valence-electron chi connectivity index (χ3n) is 4.92. The molecule has 9 nitrogen and oxygen atoms in total. The van der Waals surface area contributed by atoms with Gasteiger partial charge in [0, 0.05) is 24.0 Å². The van der Waals surface area contributed by atoms with Crippen molar-refractivity contribution in [2.24, 2.45) is 0 Å². The minimum absolute atomic E-state index is 0.0127. The lowest BCUT2D eigenvalue weighted by Crippen LogP contribution is -2.40. The first-order chi connectivity index (χ1) is 16.3. The Balaban J connectivity index is 1.38. The van der Waals surface area contributed by atoms with Gasteiger partial charge in [-0.05, 0) is 18.2 Å². The van der Waals surface area contributed by atoms with Crippen molar-refractivity contribution in [3.05, 3.63) is 64.5 Å². The number of hydrogen-bond donors (Lipinski definition) is 1. The van der Waals surface area contributed by atoms with E-state index in [4.69, 9.17) is 21.1 Å². The summed E-state index contributed by atoms with van der Waals surface area (Å²) >= 11 is 7.33. The largest absolute Gasteiger partial charge is 0.452 e. The lowest BCUT2D eigenvalue weighted by atomic mass is 10.2. The molecule has 34 heavy (non-hydrogen) atoms. The average molecular weight is 522 g/mol. The van der Waals surface area contributed by atoms with Crippen molar-refractivity contribution in [3.8, 4) is 11.3 Å². The fourth-order valence-corrected chi connectivity index (χ4v) is 5.56. The zero-order valence-electron chi connectivity index (χ0n) is 17.8. The second-order valence-corrected chi connectivity index (χ2v) is 10.4. The van der Waals surface area contributed by atoms with Crippen LogP contribution in [0.3, 0.4) is 0 Å². The first kappa shape index (κ1) is 24.3. The molecule has 0 bridgehead atoms. The molecular formula is C22H20ClN3O6S2. The van der Waals surface area contributed by atoms with Crippen LogP contribution < -0.4 is 5.32 Å². The van der Waals surface area contributed by atoms with Crippen molar-refractivity contribution >= 4 is 50.0 Å². The predicted octanol–water partition coefficient (Wildman–Crippen LogP) is 3.28. The Labute approximate surface area is 205 Å². The van der Waals surface area contributed by atoms with Crippen LogP contribution in [0.1, 0.15) is 10.4 Å². The number of anilines is 1. The summed E-state index contributed by atoms with van der Waals surface area (Å²) < 4.78 is 37.2. The number of ether oxygens (including phenoxy) is 2. The maximum atomic E-state index is 12.9. The minimum Gasteiger partial charge on any atom is -0.452 e. The average Bonchev–Trinajstić information content (AvgIpc) is 3.32. The zero-order chi connectivity index (χ0) is 24.1. The number of esters is 1. The van der Waals surface area contributed by atoms with Gasteiger partial charge in [0.25, 0.3) is 5.91 Å². The van der Waals surface area contributed by atoms with E-state index in [-0.39, 0.29) is 28.6 Å². The third-order valence-corrected chi connectivity index (χ3v) is 7.90. The Morgan fingerprint density at radius 2 is 1.88 bits per heavy atom.